The first-order valence-corrected chi connectivity index (χ1v) is 5.06. The molecule has 1 aromatic rings. The number of phenolic OH excluding ortho intramolecular Hbond substituents is 1. The molecule has 0 spiro atoms. The molecular weight excluding hydrogens is 176 g/mol. The third kappa shape index (κ3) is 1.84. The van der Waals surface area contributed by atoms with Gasteiger partial charge in [-0.1, -0.05) is 6.92 Å². The maximum absolute atomic E-state index is 9.65. The normalized spacial score (nSPS) is 10.3. The third-order valence-electron chi connectivity index (χ3n) is 2.56. The standard InChI is InChI=1S/C12H18O2/c1-5-10-7-11(13)8(3)9(4)12(10)14-6-2/h7,13H,5-6H2,1-4H3. The summed E-state index contributed by atoms with van der Waals surface area (Å²) in [6.45, 7) is 8.59. The summed E-state index contributed by atoms with van der Waals surface area (Å²) in [6, 6.07) is 1.80. The second-order valence-electron chi connectivity index (χ2n) is 3.42. The average Bonchev–Trinajstić information content (AvgIpc) is 2.19. The smallest absolute Gasteiger partial charge is 0.125 e. The predicted octanol–water partition coefficient (Wildman–Crippen LogP) is 2.97. The SMILES string of the molecule is CCOc1c(CC)cc(O)c(C)c1C. The Kier molecular flexibility index (Phi) is 3.39. The van der Waals surface area contributed by atoms with Crippen LogP contribution in [0.2, 0.25) is 0 Å². The Bertz CT molecular complexity index is 330. The van der Waals surface area contributed by atoms with Crippen LogP contribution in [0, 0.1) is 13.8 Å². The van der Waals surface area contributed by atoms with E-state index in [1.165, 1.54) is 0 Å². The molecule has 1 N–H and O–H groups in total. The summed E-state index contributed by atoms with van der Waals surface area (Å²) >= 11 is 0. The molecule has 78 valence electrons. The van der Waals surface area contributed by atoms with Gasteiger partial charge in [0.25, 0.3) is 0 Å². The summed E-state index contributed by atoms with van der Waals surface area (Å²) in [7, 11) is 0. The van der Waals surface area contributed by atoms with Crippen LogP contribution >= 0.6 is 0 Å². The average molecular weight is 194 g/mol. The van der Waals surface area contributed by atoms with Crippen molar-refractivity contribution in [2.45, 2.75) is 34.1 Å². The zero-order valence-electron chi connectivity index (χ0n) is 9.35. The van der Waals surface area contributed by atoms with Crippen LogP contribution in [0.4, 0.5) is 0 Å². The molecule has 1 aromatic carbocycles. The zero-order valence-corrected chi connectivity index (χ0v) is 9.35. The maximum Gasteiger partial charge on any atom is 0.125 e. The molecule has 0 aliphatic carbocycles. The quantitative estimate of drug-likeness (QED) is 0.801. The number of hydrogen-bond donors (Lipinski definition) is 1. The van der Waals surface area contributed by atoms with Gasteiger partial charge in [0, 0.05) is 0 Å². The second kappa shape index (κ2) is 4.36. The van der Waals surface area contributed by atoms with Gasteiger partial charge in [0.05, 0.1) is 6.61 Å². The lowest BCUT2D eigenvalue weighted by molar-refractivity contribution is 0.333. The molecule has 0 aliphatic heterocycles. The molecule has 0 saturated carbocycles. The number of rotatable bonds is 3. The summed E-state index contributed by atoms with van der Waals surface area (Å²) in [4.78, 5) is 0. The Morgan fingerprint density at radius 1 is 1.21 bits per heavy atom. The van der Waals surface area contributed by atoms with Crippen molar-refractivity contribution in [2.24, 2.45) is 0 Å². The van der Waals surface area contributed by atoms with Gasteiger partial charge in [-0.3, -0.25) is 0 Å². The van der Waals surface area contributed by atoms with Crippen molar-refractivity contribution in [3.63, 3.8) is 0 Å². The van der Waals surface area contributed by atoms with Gasteiger partial charge in [-0.25, -0.2) is 0 Å². The molecule has 2 nitrogen and oxygen atoms in total. The number of aromatic hydroxyl groups is 1. The zero-order chi connectivity index (χ0) is 10.7. The fourth-order valence-corrected chi connectivity index (χ4v) is 1.55. The highest BCUT2D eigenvalue weighted by atomic mass is 16.5. The first kappa shape index (κ1) is 10.9. The van der Waals surface area contributed by atoms with Gasteiger partial charge in [-0.05, 0) is 49.9 Å². The van der Waals surface area contributed by atoms with E-state index in [2.05, 4.69) is 6.92 Å². The van der Waals surface area contributed by atoms with Crippen molar-refractivity contribution in [1.29, 1.82) is 0 Å². The number of phenols is 1. The van der Waals surface area contributed by atoms with Crippen molar-refractivity contribution in [2.75, 3.05) is 6.61 Å². The van der Waals surface area contributed by atoms with Gasteiger partial charge < -0.3 is 9.84 Å². The molecule has 0 atom stereocenters. The Morgan fingerprint density at radius 2 is 1.86 bits per heavy atom. The van der Waals surface area contributed by atoms with Gasteiger partial charge >= 0.3 is 0 Å². The summed E-state index contributed by atoms with van der Waals surface area (Å²) in [5.74, 6) is 1.30. The monoisotopic (exact) mass is 194 g/mol. The Balaban J connectivity index is 3.29. The first-order valence-electron chi connectivity index (χ1n) is 5.06. The van der Waals surface area contributed by atoms with Crippen LogP contribution < -0.4 is 4.74 Å². The lowest BCUT2D eigenvalue weighted by Gasteiger charge is -2.15. The molecule has 0 heterocycles. The lowest BCUT2D eigenvalue weighted by atomic mass is 10.0. The molecule has 0 aromatic heterocycles. The van der Waals surface area contributed by atoms with Gasteiger partial charge in [0.2, 0.25) is 0 Å². The minimum Gasteiger partial charge on any atom is -0.508 e. The molecule has 0 unspecified atom stereocenters. The number of hydrogen-bond acceptors (Lipinski definition) is 2. The highest BCUT2D eigenvalue weighted by molar-refractivity contribution is 5.51. The van der Waals surface area contributed by atoms with Crippen molar-refractivity contribution < 1.29 is 9.84 Å². The van der Waals surface area contributed by atoms with E-state index >= 15 is 0 Å². The Labute approximate surface area is 85.5 Å². The van der Waals surface area contributed by atoms with Gasteiger partial charge in [0.1, 0.15) is 11.5 Å². The highest BCUT2D eigenvalue weighted by Gasteiger charge is 2.11. The maximum atomic E-state index is 9.65. The summed E-state index contributed by atoms with van der Waals surface area (Å²) < 4.78 is 5.58. The van der Waals surface area contributed by atoms with E-state index < -0.39 is 0 Å². The minimum atomic E-state index is 0.364. The molecule has 2 heteroatoms. The molecule has 0 saturated heterocycles. The molecule has 14 heavy (non-hydrogen) atoms. The molecular formula is C12H18O2. The van der Waals surface area contributed by atoms with Crippen LogP contribution in [0.15, 0.2) is 6.07 Å². The van der Waals surface area contributed by atoms with Crippen LogP contribution in [-0.2, 0) is 6.42 Å². The Hall–Kier alpha value is -1.18. The molecule has 0 fully saturated rings. The van der Waals surface area contributed by atoms with Gasteiger partial charge in [0.15, 0.2) is 0 Å². The van der Waals surface area contributed by atoms with E-state index in [4.69, 9.17) is 4.74 Å². The minimum absolute atomic E-state index is 0.364. The first-order chi connectivity index (χ1) is 6.61. The predicted molar refractivity (Wildman–Crippen MR) is 58.1 cm³/mol. The van der Waals surface area contributed by atoms with Crippen LogP contribution in [0.3, 0.4) is 0 Å². The molecule has 0 radical (unpaired) electrons. The number of ether oxygens (including phenoxy) is 1. The third-order valence-corrected chi connectivity index (χ3v) is 2.56. The van der Waals surface area contributed by atoms with Crippen molar-refractivity contribution >= 4 is 0 Å². The lowest BCUT2D eigenvalue weighted by Crippen LogP contribution is -2.00. The van der Waals surface area contributed by atoms with E-state index in [-0.39, 0.29) is 0 Å². The second-order valence-corrected chi connectivity index (χ2v) is 3.42. The molecule has 0 bridgehead atoms. The van der Waals surface area contributed by atoms with Crippen molar-refractivity contribution in [3.8, 4) is 11.5 Å². The molecule has 0 aliphatic rings. The number of benzene rings is 1. The van der Waals surface area contributed by atoms with Gasteiger partial charge in [-0.15, -0.1) is 0 Å². The van der Waals surface area contributed by atoms with Crippen LogP contribution in [0.25, 0.3) is 0 Å². The summed E-state index contributed by atoms with van der Waals surface area (Å²) in [6.07, 6.45) is 0.879. The van der Waals surface area contributed by atoms with E-state index in [9.17, 15) is 5.11 Å². The molecule has 1 rings (SSSR count). The number of aryl methyl sites for hydroxylation is 1. The topological polar surface area (TPSA) is 29.5 Å². The fraction of sp³-hybridized carbons (Fsp3) is 0.500. The van der Waals surface area contributed by atoms with Crippen LogP contribution in [-0.4, -0.2) is 11.7 Å². The van der Waals surface area contributed by atoms with E-state index in [1.54, 1.807) is 6.07 Å². The highest BCUT2D eigenvalue weighted by Crippen LogP contribution is 2.32. The molecule has 0 amide bonds. The summed E-state index contributed by atoms with van der Waals surface area (Å²) in [5.41, 5.74) is 3.03. The van der Waals surface area contributed by atoms with E-state index in [0.29, 0.717) is 12.4 Å². The Morgan fingerprint density at radius 3 is 2.36 bits per heavy atom. The van der Waals surface area contributed by atoms with Crippen molar-refractivity contribution in [3.05, 3.63) is 22.8 Å². The van der Waals surface area contributed by atoms with Gasteiger partial charge in [-0.2, -0.15) is 0 Å². The van der Waals surface area contributed by atoms with E-state index in [0.717, 1.165) is 28.9 Å². The largest absolute Gasteiger partial charge is 0.508 e. The van der Waals surface area contributed by atoms with Crippen LogP contribution in [0.5, 0.6) is 11.5 Å². The van der Waals surface area contributed by atoms with E-state index in [1.807, 2.05) is 20.8 Å². The summed E-state index contributed by atoms with van der Waals surface area (Å²) in [5, 5.41) is 9.65. The fourth-order valence-electron chi connectivity index (χ4n) is 1.55. The van der Waals surface area contributed by atoms with Crippen molar-refractivity contribution in [1.82, 2.24) is 0 Å². The van der Waals surface area contributed by atoms with Crippen LogP contribution in [0.1, 0.15) is 30.5 Å².